The fraction of sp³-hybridized carbons (Fsp3) is 0.364. The molecule has 3 heteroatoms. The molecule has 1 aliphatic heterocycles. The van der Waals surface area contributed by atoms with Crippen molar-refractivity contribution in [3.8, 4) is 5.75 Å². The third kappa shape index (κ3) is 1.45. The van der Waals surface area contributed by atoms with Gasteiger partial charge in [-0.1, -0.05) is 17.3 Å². The maximum atomic E-state index is 8.51. The third-order valence-corrected chi connectivity index (χ3v) is 2.35. The second-order valence-corrected chi connectivity index (χ2v) is 4.11. The van der Waals surface area contributed by atoms with E-state index in [1.54, 1.807) is 0 Å². The van der Waals surface area contributed by atoms with Crippen molar-refractivity contribution in [3.63, 3.8) is 0 Å². The van der Waals surface area contributed by atoms with Crippen molar-refractivity contribution in [1.82, 2.24) is 0 Å². The summed E-state index contributed by atoms with van der Waals surface area (Å²) in [5.41, 5.74) is 1.90. The molecule has 14 heavy (non-hydrogen) atoms. The van der Waals surface area contributed by atoms with Crippen molar-refractivity contribution < 1.29 is 9.94 Å². The normalized spacial score (nSPS) is 18.1. The van der Waals surface area contributed by atoms with Gasteiger partial charge in [-0.3, -0.25) is 0 Å². The van der Waals surface area contributed by atoms with E-state index in [-0.39, 0.29) is 5.60 Å². The van der Waals surface area contributed by atoms with Gasteiger partial charge < -0.3 is 9.94 Å². The van der Waals surface area contributed by atoms with Gasteiger partial charge >= 0.3 is 0 Å². The third-order valence-electron chi connectivity index (χ3n) is 2.35. The molecule has 0 atom stereocenters. The Hall–Kier alpha value is -1.51. The van der Waals surface area contributed by atoms with Crippen LogP contribution in [-0.2, 0) is 6.42 Å². The number of hydrogen-bond donors (Lipinski definition) is 1. The van der Waals surface area contributed by atoms with Crippen LogP contribution in [-0.4, -0.2) is 17.0 Å². The largest absolute Gasteiger partial charge is 0.487 e. The van der Waals surface area contributed by atoms with Gasteiger partial charge in [-0.15, -0.1) is 0 Å². The van der Waals surface area contributed by atoms with Crippen LogP contribution in [0.4, 0.5) is 0 Å². The summed E-state index contributed by atoms with van der Waals surface area (Å²) in [6.45, 7) is 4.10. The van der Waals surface area contributed by atoms with E-state index in [1.807, 2.05) is 32.0 Å². The first-order chi connectivity index (χ1) is 6.62. The standard InChI is InChI=1S/C11H13NO2/c1-11(2)6-9-8(7-12-13)4-3-5-10(9)14-11/h3-5,7,13H,6H2,1-2H3. The van der Waals surface area contributed by atoms with Gasteiger partial charge in [0.15, 0.2) is 0 Å². The molecule has 1 aromatic carbocycles. The Morgan fingerprint density at radius 3 is 3.00 bits per heavy atom. The number of oxime groups is 1. The van der Waals surface area contributed by atoms with Gasteiger partial charge in [-0.2, -0.15) is 0 Å². The molecule has 1 aliphatic rings. The lowest BCUT2D eigenvalue weighted by molar-refractivity contribution is 0.138. The predicted octanol–water partition coefficient (Wildman–Crippen LogP) is 2.21. The summed E-state index contributed by atoms with van der Waals surface area (Å²) in [7, 11) is 0. The minimum atomic E-state index is -0.151. The lowest BCUT2D eigenvalue weighted by Crippen LogP contribution is -2.24. The Balaban J connectivity index is 2.46. The van der Waals surface area contributed by atoms with Gasteiger partial charge in [-0.25, -0.2) is 0 Å². The van der Waals surface area contributed by atoms with Gasteiger partial charge in [0, 0.05) is 17.5 Å². The zero-order chi connectivity index (χ0) is 10.2. The lowest BCUT2D eigenvalue weighted by Gasteiger charge is -2.16. The van der Waals surface area contributed by atoms with Crippen LogP contribution in [0.1, 0.15) is 25.0 Å². The van der Waals surface area contributed by atoms with E-state index in [0.29, 0.717) is 0 Å². The molecular weight excluding hydrogens is 178 g/mol. The first kappa shape index (κ1) is 9.06. The van der Waals surface area contributed by atoms with E-state index in [0.717, 1.165) is 23.3 Å². The molecule has 0 spiro atoms. The van der Waals surface area contributed by atoms with Crippen LogP contribution in [0.5, 0.6) is 5.75 Å². The predicted molar refractivity (Wildman–Crippen MR) is 54.2 cm³/mol. The molecule has 0 fully saturated rings. The summed E-state index contributed by atoms with van der Waals surface area (Å²) in [5, 5.41) is 11.6. The lowest BCUT2D eigenvalue weighted by atomic mass is 9.98. The molecule has 1 aromatic rings. The van der Waals surface area contributed by atoms with Gasteiger partial charge in [0.1, 0.15) is 11.4 Å². The highest BCUT2D eigenvalue weighted by Gasteiger charge is 2.31. The first-order valence-electron chi connectivity index (χ1n) is 4.61. The van der Waals surface area contributed by atoms with Gasteiger partial charge in [0.25, 0.3) is 0 Å². The molecule has 1 N–H and O–H groups in total. The fourth-order valence-corrected chi connectivity index (χ4v) is 1.81. The number of hydrogen-bond acceptors (Lipinski definition) is 3. The summed E-state index contributed by atoms with van der Waals surface area (Å²) in [6.07, 6.45) is 2.30. The highest BCUT2D eigenvalue weighted by atomic mass is 16.5. The molecule has 0 amide bonds. The number of ether oxygens (including phenoxy) is 1. The molecule has 74 valence electrons. The second kappa shape index (κ2) is 3.01. The minimum Gasteiger partial charge on any atom is -0.487 e. The van der Waals surface area contributed by atoms with Gasteiger partial charge in [0.05, 0.1) is 6.21 Å². The molecule has 3 nitrogen and oxygen atoms in total. The van der Waals surface area contributed by atoms with Crippen LogP contribution in [0.15, 0.2) is 23.4 Å². The number of nitrogens with zero attached hydrogens (tertiary/aromatic N) is 1. The van der Waals surface area contributed by atoms with Crippen LogP contribution in [0.2, 0.25) is 0 Å². The van der Waals surface area contributed by atoms with E-state index in [9.17, 15) is 0 Å². The van der Waals surface area contributed by atoms with Gasteiger partial charge in [0.2, 0.25) is 0 Å². The zero-order valence-corrected chi connectivity index (χ0v) is 8.32. The smallest absolute Gasteiger partial charge is 0.124 e. The van der Waals surface area contributed by atoms with E-state index in [2.05, 4.69) is 5.16 Å². The molecule has 0 aromatic heterocycles. The van der Waals surface area contributed by atoms with Crippen LogP contribution < -0.4 is 4.74 Å². The minimum absolute atomic E-state index is 0.151. The molecule has 1 heterocycles. The Bertz CT molecular complexity index is 383. The number of rotatable bonds is 1. The SMILES string of the molecule is CC1(C)Cc2c(C=NO)cccc2O1. The van der Waals surface area contributed by atoms with Crippen LogP contribution in [0.25, 0.3) is 0 Å². The topological polar surface area (TPSA) is 41.8 Å². The fourth-order valence-electron chi connectivity index (χ4n) is 1.81. The van der Waals surface area contributed by atoms with Crippen LogP contribution in [0, 0.1) is 0 Å². The summed E-state index contributed by atoms with van der Waals surface area (Å²) >= 11 is 0. The highest BCUT2D eigenvalue weighted by Crippen LogP contribution is 2.36. The summed E-state index contributed by atoms with van der Waals surface area (Å²) in [4.78, 5) is 0. The summed E-state index contributed by atoms with van der Waals surface area (Å²) in [6, 6.07) is 5.76. The van der Waals surface area contributed by atoms with Crippen molar-refractivity contribution in [2.75, 3.05) is 0 Å². The summed E-state index contributed by atoms with van der Waals surface area (Å²) < 4.78 is 5.74. The molecule has 0 radical (unpaired) electrons. The highest BCUT2D eigenvalue weighted by molar-refractivity contribution is 5.82. The van der Waals surface area contributed by atoms with Crippen molar-refractivity contribution in [3.05, 3.63) is 29.3 Å². The Labute approximate surface area is 83.0 Å². The molecule has 0 aliphatic carbocycles. The van der Waals surface area contributed by atoms with E-state index < -0.39 is 0 Å². The average molecular weight is 191 g/mol. The van der Waals surface area contributed by atoms with Crippen molar-refractivity contribution in [2.24, 2.45) is 5.16 Å². The van der Waals surface area contributed by atoms with E-state index in [1.165, 1.54) is 6.21 Å². The monoisotopic (exact) mass is 191 g/mol. The summed E-state index contributed by atoms with van der Waals surface area (Å²) in [5.74, 6) is 0.896. The second-order valence-electron chi connectivity index (χ2n) is 4.11. The Morgan fingerprint density at radius 2 is 2.29 bits per heavy atom. The van der Waals surface area contributed by atoms with E-state index in [4.69, 9.17) is 9.94 Å². The Kier molecular flexibility index (Phi) is 1.95. The Morgan fingerprint density at radius 1 is 1.50 bits per heavy atom. The van der Waals surface area contributed by atoms with Gasteiger partial charge in [-0.05, 0) is 19.9 Å². The maximum Gasteiger partial charge on any atom is 0.124 e. The van der Waals surface area contributed by atoms with E-state index >= 15 is 0 Å². The number of fused-ring (bicyclic) bond motifs is 1. The zero-order valence-electron chi connectivity index (χ0n) is 8.32. The molecule has 0 saturated carbocycles. The first-order valence-corrected chi connectivity index (χ1v) is 4.61. The molecule has 0 bridgehead atoms. The molecular formula is C11H13NO2. The average Bonchev–Trinajstić information content (AvgIpc) is 2.41. The van der Waals surface area contributed by atoms with Crippen molar-refractivity contribution in [2.45, 2.75) is 25.9 Å². The maximum absolute atomic E-state index is 8.51. The molecule has 0 saturated heterocycles. The molecule has 2 rings (SSSR count). The molecule has 0 unspecified atom stereocenters. The van der Waals surface area contributed by atoms with Crippen molar-refractivity contribution in [1.29, 1.82) is 0 Å². The number of benzene rings is 1. The van der Waals surface area contributed by atoms with Crippen LogP contribution in [0.3, 0.4) is 0 Å². The quantitative estimate of drug-likeness (QED) is 0.420. The van der Waals surface area contributed by atoms with Crippen molar-refractivity contribution >= 4 is 6.21 Å². The van der Waals surface area contributed by atoms with Crippen LogP contribution >= 0.6 is 0 Å².